The van der Waals surface area contributed by atoms with Gasteiger partial charge in [-0.3, -0.25) is 20.2 Å². The van der Waals surface area contributed by atoms with E-state index >= 15 is 0 Å². The minimum atomic E-state index is -0.776. The summed E-state index contributed by atoms with van der Waals surface area (Å²) in [5, 5.41) is 20.6. The van der Waals surface area contributed by atoms with Gasteiger partial charge in [-0.25, -0.2) is 0 Å². The summed E-state index contributed by atoms with van der Waals surface area (Å²) in [6.45, 7) is -0.776. The second-order valence-corrected chi connectivity index (χ2v) is 2.79. The number of hydrogen-bond acceptors (Lipinski definition) is 4. The lowest BCUT2D eigenvalue weighted by Gasteiger charge is -1.94. The van der Waals surface area contributed by atoms with E-state index in [4.69, 9.17) is 0 Å². The van der Waals surface area contributed by atoms with Gasteiger partial charge in [0.1, 0.15) is 0 Å². The van der Waals surface area contributed by atoms with Gasteiger partial charge in [-0.05, 0) is 5.56 Å². The third-order valence-electron chi connectivity index (χ3n) is 1.66. The smallest absolute Gasteiger partial charge is 0.264 e. The van der Waals surface area contributed by atoms with Gasteiger partial charge in [-0.15, -0.1) is 0 Å². The quantitative estimate of drug-likeness (QED) is 0.555. The molecule has 15 heavy (non-hydrogen) atoms. The highest BCUT2D eigenvalue weighted by atomic mass is 16.6. The lowest BCUT2D eigenvalue weighted by atomic mass is 10.2. The van der Waals surface area contributed by atoms with Crippen LogP contribution in [0, 0.1) is 20.2 Å². The van der Waals surface area contributed by atoms with Gasteiger partial charge in [0.15, 0.2) is 0 Å². The van der Waals surface area contributed by atoms with Gasteiger partial charge in [0, 0.05) is 11.0 Å². The molecule has 0 spiro atoms. The Morgan fingerprint density at radius 2 is 1.80 bits per heavy atom. The molecule has 0 aromatic heterocycles. The van der Waals surface area contributed by atoms with Crippen molar-refractivity contribution in [3.63, 3.8) is 0 Å². The predicted octanol–water partition coefficient (Wildman–Crippen LogP) is 1.58. The Kier molecular flexibility index (Phi) is 3.50. The second kappa shape index (κ2) is 4.85. The predicted molar refractivity (Wildman–Crippen MR) is 53.3 cm³/mol. The van der Waals surface area contributed by atoms with Crippen LogP contribution in [-0.2, 0) is 0 Å². The van der Waals surface area contributed by atoms with Gasteiger partial charge >= 0.3 is 5.70 Å². The summed E-state index contributed by atoms with van der Waals surface area (Å²) >= 11 is 0. The van der Waals surface area contributed by atoms with Crippen molar-refractivity contribution in [2.24, 2.45) is 0 Å². The summed E-state index contributed by atoms with van der Waals surface area (Å²) < 4.78 is 0. The maximum Gasteiger partial charge on any atom is 0.317 e. The van der Waals surface area contributed by atoms with Crippen molar-refractivity contribution in [2.75, 3.05) is 6.54 Å². The highest BCUT2D eigenvalue weighted by Gasteiger charge is 2.17. The number of rotatable bonds is 4. The number of hydrogen-bond donors (Lipinski definition) is 0. The van der Waals surface area contributed by atoms with E-state index in [0.29, 0.717) is 5.56 Å². The molecule has 0 N–H and O–H groups in total. The number of benzene rings is 1. The van der Waals surface area contributed by atoms with Crippen LogP contribution in [0.4, 0.5) is 0 Å². The topological polar surface area (TPSA) is 86.3 Å². The van der Waals surface area contributed by atoms with Crippen LogP contribution in [0.5, 0.6) is 0 Å². The maximum atomic E-state index is 10.5. The first-order valence-electron chi connectivity index (χ1n) is 4.11. The highest BCUT2D eigenvalue weighted by molar-refractivity contribution is 5.50. The Hall–Kier alpha value is -2.24. The molecule has 0 bridgehead atoms. The molecule has 0 saturated heterocycles. The lowest BCUT2D eigenvalue weighted by Crippen LogP contribution is -2.11. The Labute approximate surface area is 85.1 Å². The third kappa shape index (κ3) is 3.55. The van der Waals surface area contributed by atoms with E-state index in [1.807, 2.05) is 0 Å². The maximum absolute atomic E-state index is 10.5. The summed E-state index contributed by atoms with van der Waals surface area (Å²) in [6, 6.07) is 8.45. The molecule has 0 heterocycles. The van der Waals surface area contributed by atoms with Gasteiger partial charge in [0.25, 0.3) is 6.54 Å². The number of nitrogens with zero attached hydrogens (tertiary/aromatic N) is 2. The van der Waals surface area contributed by atoms with Crippen LogP contribution in [0.2, 0.25) is 0 Å². The van der Waals surface area contributed by atoms with Crippen LogP contribution < -0.4 is 0 Å². The van der Waals surface area contributed by atoms with Crippen molar-refractivity contribution in [2.45, 2.75) is 0 Å². The fraction of sp³-hybridized carbons (Fsp3) is 0.111. The standard InChI is InChI=1S/C9H8N2O4/c12-10(13)7-9(11(14)15)6-8-4-2-1-3-5-8/h1-6H,7H2/b9-6+. The molecular formula is C9H8N2O4. The van der Waals surface area contributed by atoms with Gasteiger partial charge < -0.3 is 0 Å². The molecule has 6 heteroatoms. The zero-order valence-corrected chi connectivity index (χ0v) is 7.70. The van der Waals surface area contributed by atoms with E-state index in [9.17, 15) is 20.2 Å². The van der Waals surface area contributed by atoms with Crippen molar-refractivity contribution in [1.29, 1.82) is 0 Å². The van der Waals surface area contributed by atoms with Gasteiger partial charge in [-0.2, -0.15) is 0 Å². The van der Waals surface area contributed by atoms with Gasteiger partial charge in [0.2, 0.25) is 0 Å². The minimum absolute atomic E-state index is 0.425. The first-order chi connectivity index (χ1) is 7.09. The third-order valence-corrected chi connectivity index (χ3v) is 1.66. The number of nitro groups is 2. The Balaban J connectivity index is 2.94. The molecule has 0 unspecified atom stereocenters. The van der Waals surface area contributed by atoms with Crippen LogP contribution in [-0.4, -0.2) is 16.4 Å². The minimum Gasteiger partial charge on any atom is -0.264 e. The van der Waals surface area contributed by atoms with E-state index < -0.39 is 22.1 Å². The molecule has 0 aliphatic carbocycles. The molecule has 78 valence electrons. The molecule has 1 aromatic rings. The molecule has 0 saturated carbocycles. The van der Waals surface area contributed by atoms with Gasteiger partial charge in [-0.1, -0.05) is 30.3 Å². The van der Waals surface area contributed by atoms with E-state index in [1.165, 1.54) is 6.08 Å². The molecule has 0 fully saturated rings. The Morgan fingerprint density at radius 3 is 2.27 bits per heavy atom. The van der Waals surface area contributed by atoms with E-state index in [2.05, 4.69) is 0 Å². The fourth-order valence-corrected chi connectivity index (χ4v) is 1.03. The lowest BCUT2D eigenvalue weighted by molar-refractivity contribution is -0.518. The molecule has 0 aliphatic heterocycles. The monoisotopic (exact) mass is 208 g/mol. The highest BCUT2D eigenvalue weighted by Crippen LogP contribution is 2.07. The zero-order chi connectivity index (χ0) is 11.3. The summed E-state index contributed by atoms with van der Waals surface area (Å²) in [4.78, 5) is 19.2. The Bertz CT molecular complexity index is 400. The Morgan fingerprint density at radius 1 is 1.20 bits per heavy atom. The molecule has 1 aromatic carbocycles. The summed E-state index contributed by atoms with van der Waals surface area (Å²) in [7, 11) is 0. The van der Waals surface area contributed by atoms with E-state index in [-0.39, 0.29) is 0 Å². The van der Waals surface area contributed by atoms with Crippen LogP contribution in [0.25, 0.3) is 6.08 Å². The average molecular weight is 208 g/mol. The van der Waals surface area contributed by atoms with Crippen molar-refractivity contribution in [3.05, 3.63) is 61.8 Å². The van der Waals surface area contributed by atoms with E-state index in [0.717, 1.165) is 0 Å². The zero-order valence-electron chi connectivity index (χ0n) is 7.70. The summed E-state index contributed by atoms with van der Waals surface area (Å²) in [5.41, 5.74) is 0.150. The SMILES string of the molecule is O=[N+]([O-])C/C(=C\c1ccccc1)[N+](=O)[O-]. The van der Waals surface area contributed by atoms with Gasteiger partial charge in [0.05, 0.1) is 4.92 Å². The molecule has 0 amide bonds. The molecule has 0 aliphatic rings. The summed E-state index contributed by atoms with van der Waals surface area (Å²) in [5.74, 6) is 0. The van der Waals surface area contributed by atoms with Crippen molar-refractivity contribution in [3.8, 4) is 0 Å². The van der Waals surface area contributed by atoms with Crippen molar-refractivity contribution in [1.82, 2.24) is 0 Å². The van der Waals surface area contributed by atoms with Crippen LogP contribution >= 0.6 is 0 Å². The average Bonchev–Trinajstić information content (AvgIpc) is 2.17. The first-order valence-corrected chi connectivity index (χ1v) is 4.11. The largest absolute Gasteiger partial charge is 0.317 e. The molecule has 6 nitrogen and oxygen atoms in total. The van der Waals surface area contributed by atoms with Crippen LogP contribution in [0.1, 0.15) is 5.56 Å². The molecule has 0 atom stereocenters. The van der Waals surface area contributed by atoms with Crippen molar-refractivity contribution >= 4 is 6.08 Å². The fourth-order valence-electron chi connectivity index (χ4n) is 1.03. The van der Waals surface area contributed by atoms with Crippen molar-refractivity contribution < 1.29 is 9.85 Å². The van der Waals surface area contributed by atoms with Crippen LogP contribution in [0.15, 0.2) is 36.0 Å². The second-order valence-electron chi connectivity index (χ2n) is 2.79. The summed E-state index contributed by atoms with van der Waals surface area (Å²) in [6.07, 6.45) is 1.20. The molecule has 0 radical (unpaired) electrons. The van der Waals surface area contributed by atoms with Crippen LogP contribution in [0.3, 0.4) is 0 Å². The first kappa shape index (κ1) is 10.8. The van der Waals surface area contributed by atoms with E-state index in [1.54, 1.807) is 30.3 Å². The molecular weight excluding hydrogens is 200 g/mol. The molecule has 1 rings (SSSR count). The normalized spacial score (nSPS) is 11.1.